The first-order chi connectivity index (χ1) is 8.95. The van der Waals surface area contributed by atoms with E-state index in [0.717, 1.165) is 29.5 Å². The molecule has 0 saturated carbocycles. The Morgan fingerprint density at radius 3 is 1.33 bits per heavy atom. The van der Waals surface area contributed by atoms with Gasteiger partial charge in [0.15, 0.2) is 0 Å². The Balaban J connectivity index is 6.06. The van der Waals surface area contributed by atoms with Gasteiger partial charge in [0.2, 0.25) is 0 Å². The summed E-state index contributed by atoms with van der Waals surface area (Å²) >= 11 is 1.06. The van der Waals surface area contributed by atoms with Gasteiger partial charge >= 0.3 is 24.2 Å². The minimum absolute atomic E-state index is 0.337. The standard InChI is InChI=1S/C9H8F11I/c1-2-4(21)3-5(10,8(15,16)17)6(11,12)7(13,14)9(18,19)20/h4H,2-3H2,1H3. The lowest BCUT2D eigenvalue weighted by atomic mass is 9.86. The van der Waals surface area contributed by atoms with Crippen molar-refractivity contribution in [2.75, 3.05) is 0 Å². The number of halogens is 12. The zero-order chi connectivity index (χ0) is 17.5. The second kappa shape index (κ2) is 5.87. The van der Waals surface area contributed by atoms with Crippen molar-refractivity contribution in [1.82, 2.24) is 0 Å². The van der Waals surface area contributed by atoms with Crippen molar-refractivity contribution in [2.24, 2.45) is 0 Å². The minimum atomic E-state index is -7.17. The first kappa shape index (κ1) is 21.0. The fourth-order valence-electron chi connectivity index (χ4n) is 1.30. The Hall–Kier alpha value is -0.0400. The van der Waals surface area contributed by atoms with Crippen LogP contribution in [0.4, 0.5) is 48.3 Å². The molecular weight excluding hydrogens is 444 g/mol. The minimum Gasteiger partial charge on any atom is -0.227 e. The highest BCUT2D eigenvalue weighted by molar-refractivity contribution is 14.1. The Morgan fingerprint density at radius 2 is 1.10 bits per heavy atom. The molecule has 0 aliphatic rings. The maximum atomic E-state index is 13.7. The monoisotopic (exact) mass is 452 g/mol. The maximum Gasteiger partial charge on any atom is 0.460 e. The van der Waals surface area contributed by atoms with Crippen molar-refractivity contribution < 1.29 is 48.3 Å². The van der Waals surface area contributed by atoms with Gasteiger partial charge in [0.05, 0.1) is 0 Å². The zero-order valence-corrected chi connectivity index (χ0v) is 12.2. The Bertz CT molecular complexity index is 358. The van der Waals surface area contributed by atoms with Crippen LogP contribution in [-0.2, 0) is 0 Å². The quantitative estimate of drug-likeness (QED) is 0.286. The SMILES string of the molecule is CCC(I)CC(F)(C(F)(F)F)C(F)(F)C(F)(F)C(F)(F)F. The van der Waals surface area contributed by atoms with Gasteiger partial charge in [-0.1, -0.05) is 29.5 Å². The Morgan fingerprint density at radius 1 is 0.714 bits per heavy atom. The molecule has 0 saturated heterocycles. The lowest BCUT2D eigenvalue weighted by molar-refractivity contribution is -0.412. The van der Waals surface area contributed by atoms with Crippen LogP contribution in [0.5, 0.6) is 0 Å². The normalized spacial score (nSPS) is 19.3. The maximum absolute atomic E-state index is 13.7. The number of alkyl halides is 12. The van der Waals surface area contributed by atoms with Crippen LogP contribution in [0.3, 0.4) is 0 Å². The number of hydrogen-bond acceptors (Lipinski definition) is 0. The van der Waals surface area contributed by atoms with Gasteiger partial charge in [-0.05, 0) is 6.42 Å². The van der Waals surface area contributed by atoms with Gasteiger partial charge in [-0.15, -0.1) is 0 Å². The highest BCUT2D eigenvalue weighted by atomic mass is 127. The molecule has 0 aliphatic carbocycles. The van der Waals surface area contributed by atoms with Crippen molar-refractivity contribution in [3.8, 4) is 0 Å². The molecule has 0 nitrogen and oxygen atoms in total. The van der Waals surface area contributed by atoms with Crippen molar-refractivity contribution >= 4 is 22.6 Å². The predicted molar refractivity (Wildman–Crippen MR) is 58.6 cm³/mol. The van der Waals surface area contributed by atoms with Gasteiger partial charge in [0.25, 0.3) is 5.67 Å². The van der Waals surface area contributed by atoms with E-state index in [9.17, 15) is 48.3 Å². The van der Waals surface area contributed by atoms with Crippen LogP contribution >= 0.6 is 22.6 Å². The van der Waals surface area contributed by atoms with E-state index in [1.165, 1.54) is 0 Å². The van der Waals surface area contributed by atoms with Crippen LogP contribution in [0.25, 0.3) is 0 Å². The molecule has 21 heavy (non-hydrogen) atoms. The summed E-state index contributed by atoms with van der Waals surface area (Å²) in [6, 6.07) is 0. The molecule has 0 radical (unpaired) electrons. The van der Waals surface area contributed by atoms with Crippen LogP contribution < -0.4 is 0 Å². The topological polar surface area (TPSA) is 0 Å². The predicted octanol–water partition coefficient (Wildman–Crippen LogP) is 5.69. The van der Waals surface area contributed by atoms with Gasteiger partial charge in [-0.3, -0.25) is 0 Å². The van der Waals surface area contributed by atoms with Crippen molar-refractivity contribution in [2.45, 2.75) is 53.6 Å². The number of rotatable bonds is 5. The molecule has 0 spiro atoms. The third-order valence-electron chi connectivity index (χ3n) is 2.64. The summed E-state index contributed by atoms with van der Waals surface area (Å²) in [6.07, 6.45) is -16.2. The molecule has 0 heterocycles. The molecule has 0 bridgehead atoms. The molecule has 0 aromatic heterocycles. The highest BCUT2D eigenvalue weighted by Crippen LogP contribution is 2.58. The van der Waals surface area contributed by atoms with E-state index in [1.807, 2.05) is 0 Å². The van der Waals surface area contributed by atoms with E-state index < -0.39 is 40.2 Å². The molecular formula is C9H8F11I. The molecule has 0 N–H and O–H groups in total. The average molecular weight is 452 g/mol. The molecule has 128 valence electrons. The summed E-state index contributed by atoms with van der Waals surface area (Å²) in [6.45, 7) is 1.13. The lowest BCUT2D eigenvalue weighted by Crippen LogP contribution is -2.67. The van der Waals surface area contributed by atoms with E-state index in [-0.39, 0.29) is 6.42 Å². The summed E-state index contributed by atoms with van der Waals surface area (Å²) in [5.74, 6) is -14.2. The number of hydrogen-bond donors (Lipinski definition) is 0. The Labute approximate surface area is 125 Å². The zero-order valence-electron chi connectivity index (χ0n) is 10.0. The lowest BCUT2D eigenvalue weighted by Gasteiger charge is -2.40. The summed E-state index contributed by atoms with van der Waals surface area (Å²) in [4.78, 5) is 0. The van der Waals surface area contributed by atoms with E-state index >= 15 is 0 Å². The average Bonchev–Trinajstić information content (AvgIpc) is 2.24. The molecule has 2 atom stereocenters. The first-order valence-corrected chi connectivity index (χ1v) is 6.42. The molecule has 0 aromatic rings. The molecule has 0 aliphatic heterocycles. The molecule has 0 amide bonds. The Kier molecular flexibility index (Phi) is 5.86. The van der Waals surface area contributed by atoms with Crippen LogP contribution in [-0.4, -0.2) is 33.8 Å². The fourth-order valence-corrected chi connectivity index (χ4v) is 1.91. The highest BCUT2D eigenvalue weighted by Gasteiger charge is 2.86. The van der Waals surface area contributed by atoms with Crippen molar-refractivity contribution in [3.63, 3.8) is 0 Å². The molecule has 12 heteroatoms. The molecule has 2 unspecified atom stereocenters. The summed E-state index contributed by atoms with van der Waals surface area (Å²) in [7, 11) is 0. The van der Waals surface area contributed by atoms with Gasteiger partial charge in [-0.2, -0.15) is 43.9 Å². The van der Waals surface area contributed by atoms with Gasteiger partial charge in [0, 0.05) is 10.3 Å². The summed E-state index contributed by atoms with van der Waals surface area (Å²) in [5, 5.41) is 0. The molecule has 0 aromatic carbocycles. The largest absolute Gasteiger partial charge is 0.460 e. The van der Waals surface area contributed by atoms with Crippen LogP contribution in [0, 0.1) is 0 Å². The van der Waals surface area contributed by atoms with E-state index in [2.05, 4.69) is 0 Å². The van der Waals surface area contributed by atoms with Crippen molar-refractivity contribution in [1.29, 1.82) is 0 Å². The first-order valence-electron chi connectivity index (χ1n) is 5.17. The van der Waals surface area contributed by atoms with E-state index in [4.69, 9.17) is 0 Å². The summed E-state index contributed by atoms with van der Waals surface area (Å²) < 4.78 is 137. The van der Waals surface area contributed by atoms with Crippen molar-refractivity contribution in [3.05, 3.63) is 0 Å². The van der Waals surface area contributed by atoms with Gasteiger partial charge in [0.1, 0.15) is 0 Å². The third kappa shape index (κ3) is 3.49. The van der Waals surface area contributed by atoms with E-state index in [0.29, 0.717) is 0 Å². The van der Waals surface area contributed by atoms with E-state index in [1.54, 1.807) is 0 Å². The molecule has 0 rings (SSSR count). The van der Waals surface area contributed by atoms with Crippen LogP contribution in [0.2, 0.25) is 0 Å². The second-order valence-corrected chi connectivity index (χ2v) is 5.92. The van der Waals surface area contributed by atoms with Crippen LogP contribution in [0.15, 0.2) is 0 Å². The second-order valence-electron chi connectivity index (χ2n) is 4.16. The summed E-state index contributed by atoms with van der Waals surface area (Å²) in [5.41, 5.74) is -6.01. The van der Waals surface area contributed by atoms with Gasteiger partial charge in [-0.25, -0.2) is 4.39 Å². The van der Waals surface area contributed by atoms with Crippen LogP contribution in [0.1, 0.15) is 19.8 Å². The molecule has 0 fully saturated rings. The fraction of sp³-hybridized carbons (Fsp3) is 1.00. The third-order valence-corrected chi connectivity index (χ3v) is 3.96. The van der Waals surface area contributed by atoms with Gasteiger partial charge < -0.3 is 0 Å². The smallest absolute Gasteiger partial charge is 0.227 e.